The van der Waals surface area contributed by atoms with E-state index in [0.29, 0.717) is 17.2 Å². The van der Waals surface area contributed by atoms with Crippen molar-refractivity contribution in [3.05, 3.63) is 89.5 Å². The van der Waals surface area contributed by atoms with Crippen molar-refractivity contribution in [3.8, 4) is 17.2 Å². The lowest BCUT2D eigenvalue weighted by Gasteiger charge is -2.23. The lowest BCUT2D eigenvalue weighted by molar-refractivity contribution is 0.192. The topological polar surface area (TPSA) is 144 Å². The Hall–Kier alpha value is -5.15. The molecule has 0 unspecified atom stereocenters. The van der Waals surface area contributed by atoms with Gasteiger partial charge in [0.25, 0.3) is 0 Å². The summed E-state index contributed by atoms with van der Waals surface area (Å²) in [4.78, 5) is 48.2. The van der Waals surface area contributed by atoms with E-state index in [4.69, 9.17) is 14.2 Å². The summed E-state index contributed by atoms with van der Waals surface area (Å²) in [5, 5.41) is 7.23. The molecule has 3 aromatic carbocycles. The van der Waals surface area contributed by atoms with Gasteiger partial charge in [-0.25, -0.2) is 19.2 Å². The van der Waals surface area contributed by atoms with Crippen molar-refractivity contribution in [2.45, 2.75) is 128 Å². The van der Waals surface area contributed by atoms with E-state index in [-0.39, 0.29) is 59.3 Å². The van der Waals surface area contributed by atoms with E-state index in [9.17, 15) is 19.2 Å². The molecule has 0 aliphatic carbocycles. The number of nitrogens with zero attached hydrogens (tertiary/aromatic N) is 1. The van der Waals surface area contributed by atoms with Crippen LogP contribution in [0.5, 0.6) is 17.2 Å². The van der Waals surface area contributed by atoms with E-state index in [0.717, 1.165) is 19.3 Å². The molecule has 0 fully saturated rings. The number of amides is 3. The fourth-order valence-corrected chi connectivity index (χ4v) is 4.29. The maximum absolute atomic E-state index is 11.9. The van der Waals surface area contributed by atoms with Crippen molar-refractivity contribution < 1.29 is 33.4 Å². The van der Waals surface area contributed by atoms with Crippen LogP contribution in [0.1, 0.15) is 128 Å². The molecule has 302 valence electrons. The number of ether oxygens (including phenoxy) is 3. The lowest BCUT2D eigenvalue weighted by Crippen LogP contribution is -2.39. The van der Waals surface area contributed by atoms with E-state index < -0.39 is 18.3 Å². The second-order valence-electron chi connectivity index (χ2n) is 13.6. The van der Waals surface area contributed by atoms with Gasteiger partial charge in [-0.3, -0.25) is 0 Å². The highest BCUT2D eigenvalue weighted by atomic mass is 16.6. The van der Waals surface area contributed by atoms with E-state index in [1.165, 1.54) is 22.8 Å². The van der Waals surface area contributed by atoms with Crippen LogP contribution in [-0.4, -0.2) is 37.7 Å². The third-order valence-corrected chi connectivity index (χ3v) is 9.02. The van der Waals surface area contributed by atoms with Crippen LogP contribution in [0.25, 0.3) is 0 Å². The average molecular weight is 753 g/mol. The van der Waals surface area contributed by atoms with Crippen LogP contribution >= 0.6 is 0 Å². The summed E-state index contributed by atoms with van der Waals surface area (Å²) in [5.74, 6) is 1.32. The van der Waals surface area contributed by atoms with Gasteiger partial charge in [0.2, 0.25) is 6.08 Å². The maximum atomic E-state index is 11.9. The Morgan fingerprint density at radius 2 is 0.778 bits per heavy atom. The molecule has 11 nitrogen and oxygen atoms in total. The number of isocyanates is 1. The molecule has 3 rings (SSSR count). The third-order valence-electron chi connectivity index (χ3n) is 9.02. The normalized spacial score (nSPS) is 10.3. The maximum Gasteiger partial charge on any atom is 0.414 e. The molecule has 0 aliphatic heterocycles. The number of nitrogens with one attached hydrogen (secondary N) is 3. The number of carbonyl (C=O) groups excluding carboxylic acids is 4. The second kappa shape index (κ2) is 25.0. The first-order chi connectivity index (χ1) is 23.6. The Bertz CT molecular complexity index is 1500. The van der Waals surface area contributed by atoms with Crippen LogP contribution in [0.2, 0.25) is 0 Å². The van der Waals surface area contributed by atoms with Gasteiger partial charge in [0.1, 0.15) is 23.9 Å². The lowest BCUT2D eigenvalue weighted by atomic mass is 9.82. The van der Waals surface area contributed by atoms with Gasteiger partial charge in [0.15, 0.2) is 0 Å². The minimum Gasteiger partial charge on any atom is -0.410 e. The highest BCUT2D eigenvalue weighted by Crippen LogP contribution is 2.30. The van der Waals surface area contributed by atoms with Gasteiger partial charge in [-0.15, -0.1) is 0 Å². The molecule has 3 N–H and O–H groups in total. The molecule has 0 aromatic heterocycles. The number of hydrogen-bond acceptors (Lipinski definition) is 8. The van der Waals surface area contributed by atoms with Crippen molar-refractivity contribution in [3.63, 3.8) is 0 Å². The number of benzene rings is 3. The van der Waals surface area contributed by atoms with Crippen molar-refractivity contribution in [2.75, 3.05) is 13.3 Å². The molecule has 0 aliphatic rings. The van der Waals surface area contributed by atoms with Crippen LogP contribution in [0.15, 0.2) is 77.8 Å². The first-order valence-corrected chi connectivity index (χ1v) is 16.8. The first-order valence-electron chi connectivity index (χ1n) is 16.8. The quantitative estimate of drug-likeness (QED) is 0.0895. The van der Waals surface area contributed by atoms with Gasteiger partial charge in [-0.1, -0.05) is 128 Å². The summed E-state index contributed by atoms with van der Waals surface area (Å²) in [7, 11) is 0. The average Bonchev–Trinajstić information content (AvgIpc) is 3.09. The van der Waals surface area contributed by atoms with E-state index in [1.54, 1.807) is 36.4 Å². The van der Waals surface area contributed by atoms with Crippen molar-refractivity contribution in [2.24, 2.45) is 4.99 Å². The van der Waals surface area contributed by atoms with Gasteiger partial charge in [-0.2, -0.15) is 4.99 Å². The van der Waals surface area contributed by atoms with Crippen LogP contribution in [0, 0.1) is 0 Å². The number of aliphatic imine (C=N–C) groups is 1. The SMILES string of the molecule is C.C.C.C.CCC(C)(C)c1ccc(OC(=O)NCN=C=O)cc1.CCC(C)(C)c1ccc(OC(=O)NCNC(=O)Oc2ccc(C(C)(C)CC)cc2)cc1. The Kier molecular flexibility index (Phi) is 24.6. The predicted octanol–water partition coefficient (Wildman–Crippen LogP) is 11.2. The fraction of sp³-hybridized carbons (Fsp3) is 0.488. The molecule has 3 aromatic rings. The second-order valence-corrected chi connectivity index (χ2v) is 13.6. The first kappa shape index (κ1) is 53.2. The highest BCUT2D eigenvalue weighted by Gasteiger charge is 2.20. The molecular formula is C43H68N4O7. The molecule has 0 bridgehead atoms. The van der Waals surface area contributed by atoms with E-state index in [2.05, 4.69) is 83.3 Å². The summed E-state index contributed by atoms with van der Waals surface area (Å²) in [6.45, 7) is 19.1. The monoisotopic (exact) mass is 753 g/mol. The molecule has 0 spiro atoms. The Morgan fingerprint density at radius 1 is 0.519 bits per heavy atom. The van der Waals surface area contributed by atoms with Crippen LogP contribution in [-0.2, 0) is 21.0 Å². The Balaban J connectivity index is -0.000000986. The van der Waals surface area contributed by atoms with Crippen LogP contribution < -0.4 is 30.2 Å². The van der Waals surface area contributed by atoms with Gasteiger partial charge in [-0.05, 0) is 88.6 Å². The standard InChI is InChI=1S/C25H34N2O4.C14H18N2O3.4CH4/c1-7-24(3,4)18-9-13-20(14-10-18)30-22(28)26-17-27-23(29)31-21-15-11-19(12-16-21)25(5,6)8-2;1-4-14(2,3)11-5-7-12(8-6-11)19-13(18)16-9-15-10-17;;;;/h9-16H,7-8,17H2,1-6H3,(H,26,28)(H,27,29);5-8H,4,9H2,1-3H3,(H,16,18);4*1H4. The molecule has 0 atom stereocenters. The minimum absolute atomic E-state index is 0. The molecule has 3 amide bonds. The Morgan fingerprint density at radius 3 is 1.02 bits per heavy atom. The van der Waals surface area contributed by atoms with Crippen molar-refractivity contribution >= 4 is 24.4 Å². The molecular weight excluding hydrogens is 684 g/mol. The summed E-state index contributed by atoms with van der Waals surface area (Å²) >= 11 is 0. The van der Waals surface area contributed by atoms with Crippen molar-refractivity contribution in [1.29, 1.82) is 0 Å². The van der Waals surface area contributed by atoms with E-state index in [1.807, 2.05) is 36.4 Å². The molecule has 0 radical (unpaired) electrons. The number of hydrogen-bond donors (Lipinski definition) is 3. The smallest absolute Gasteiger partial charge is 0.410 e. The summed E-state index contributed by atoms with van der Waals surface area (Å²) in [6, 6.07) is 22.2. The highest BCUT2D eigenvalue weighted by molar-refractivity contribution is 5.73. The molecule has 0 saturated carbocycles. The summed E-state index contributed by atoms with van der Waals surface area (Å²) < 4.78 is 15.5. The zero-order valence-electron chi connectivity index (χ0n) is 30.8. The van der Waals surface area contributed by atoms with Gasteiger partial charge in [0, 0.05) is 0 Å². The molecule has 11 heteroatoms. The van der Waals surface area contributed by atoms with Crippen LogP contribution in [0.3, 0.4) is 0 Å². The summed E-state index contributed by atoms with van der Waals surface area (Å²) in [6.07, 6.45) is 2.40. The molecule has 0 heterocycles. The minimum atomic E-state index is -0.658. The van der Waals surface area contributed by atoms with E-state index >= 15 is 0 Å². The van der Waals surface area contributed by atoms with Gasteiger partial charge < -0.3 is 30.2 Å². The van der Waals surface area contributed by atoms with Gasteiger partial charge in [0.05, 0.1) is 6.67 Å². The zero-order chi connectivity index (χ0) is 37.4. The van der Waals surface area contributed by atoms with Crippen molar-refractivity contribution in [1.82, 2.24) is 16.0 Å². The Labute approximate surface area is 325 Å². The zero-order valence-corrected chi connectivity index (χ0v) is 30.8. The molecule has 0 saturated heterocycles. The number of rotatable bonds is 13. The third kappa shape index (κ3) is 17.6. The van der Waals surface area contributed by atoms with Gasteiger partial charge >= 0.3 is 18.3 Å². The molecule has 54 heavy (non-hydrogen) atoms. The summed E-state index contributed by atoms with van der Waals surface area (Å²) in [5.41, 5.74) is 3.78. The fourth-order valence-electron chi connectivity index (χ4n) is 4.29. The largest absolute Gasteiger partial charge is 0.414 e. The number of carbonyl (C=O) groups is 3. The predicted molar refractivity (Wildman–Crippen MR) is 222 cm³/mol. The van der Waals surface area contributed by atoms with Crippen LogP contribution in [0.4, 0.5) is 14.4 Å².